The highest BCUT2D eigenvalue weighted by Gasteiger charge is 2.17. The molecule has 1 heterocycles. The van der Waals surface area contributed by atoms with Crippen molar-refractivity contribution < 1.29 is 23.8 Å². The number of carboxylic acids is 1. The Morgan fingerprint density at radius 3 is 2.94 bits per heavy atom. The van der Waals surface area contributed by atoms with Crippen molar-refractivity contribution in [3.8, 4) is 5.75 Å². The molecule has 0 amide bonds. The second kappa shape index (κ2) is 4.73. The van der Waals surface area contributed by atoms with Gasteiger partial charge in [0.15, 0.2) is 0 Å². The van der Waals surface area contributed by atoms with Crippen LogP contribution in [0.2, 0.25) is 0 Å². The molecule has 92 valence electrons. The standard InChI is InChI=1S/C12H9NO5/c1-17-7-2-3-8-9(5-11(15)16)12(13-6-14)18-10(8)4-7/h2-4H,5H2,1H3,(H,15,16). The Labute approximate surface area is 101 Å². The number of aliphatic carboxylic acids is 1. The van der Waals surface area contributed by atoms with Gasteiger partial charge in [-0.15, -0.1) is 4.99 Å². The fourth-order valence-electron chi connectivity index (χ4n) is 1.70. The van der Waals surface area contributed by atoms with Gasteiger partial charge in [0.2, 0.25) is 12.0 Å². The molecule has 1 aromatic heterocycles. The van der Waals surface area contributed by atoms with Gasteiger partial charge in [-0.05, 0) is 12.1 Å². The maximum Gasteiger partial charge on any atom is 0.308 e. The maximum absolute atomic E-state index is 10.8. The number of aliphatic imine (C=N–C) groups is 1. The van der Waals surface area contributed by atoms with E-state index in [2.05, 4.69) is 4.99 Å². The van der Waals surface area contributed by atoms with Gasteiger partial charge in [-0.2, -0.15) is 0 Å². The Kier molecular flexibility index (Phi) is 3.12. The van der Waals surface area contributed by atoms with Crippen LogP contribution in [0.25, 0.3) is 11.0 Å². The number of carbonyl (C=O) groups excluding carboxylic acids is 1. The zero-order valence-electron chi connectivity index (χ0n) is 9.47. The number of methoxy groups -OCH3 is 1. The summed E-state index contributed by atoms with van der Waals surface area (Å²) in [6, 6.07) is 4.95. The predicted octanol–water partition coefficient (Wildman–Crippen LogP) is 2.04. The van der Waals surface area contributed by atoms with E-state index in [-0.39, 0.29) is 12.3 Å². The molecule has 2 aromatic rings. The zero-order valence-corrected chi connectivity index (χ0v) is 9.47. The second-order valence-electron chi connectivity index (χ2n) is 3.52. The number of isocyanates is 1. The molecule has 0 spiro atoms. The zero-order chi connectivity index (χ0) is 13.1. The Balaban J connectivity index is 2.66. The number of benzene rings is 1. The van der Waals surface area contributed by atoms with E-state index in [9.17, 15) is 9.59 Å². The molecule has 0 fully saturated rings. The topological polar surface area (TPSA) is 89.1 Å². The highest BCUT2D eigenvalue weighted by Crippen LogP contribution is 2.34. The predicted molar refractivity (Wildman–Crippen MR) is 61.9 cm³/mol. The number of ether oxygens (including phenoxy) is 1. The van der Waals surface area contributed by atoms with Crippen LogP contribution in [-0.4, -0.2) is 24.3 Å². The monoisotopic (exact) mass is 247 g/mol. The molecular formula is C12H9NO5. The van der Waals surface area contributed by atoms with E-state index in [4.69, 9.17) is 14.3 Å². The summed E-state index contributed by atoms with van der Waals surface area (Å²) in [5.74, 6) is -0.494. The number of fused-ring (bicyclic) bond motifs is 1. The van der Waals surface area contributed by atoms with Crippen molar-refractivity contribution in [3.63, 3.8) is 0 Å². The lowest BCUT2D eigenvalue weighted by Crippen LogP contribution is -1.99. The summed E-state index contributed by atoms with van der Waals surface area (Å²) in [6.45, 7) is 0. The number of carboxylic acid groups (broad SMARTS) is 1. The molecule has 0 aliphatic carbocycles. The molecule has 0 radical (unpaired) electrons. The summed E-state index contributed by atoms with van der Waals surface area (Å²) >= 11 is 0. The fraction of sp³-hybridized carbons (Fsp3) is 0.167. The summed E-state index contributed by atoms with van der Waals surface area (Å²) in [4.78, 5) is 24.4. The molecule has 0 aliphatic heterocycles. The third-order valence-electron chi connectivity index (χ3n) is 2.45. The molecular weight excluding hydrogens is 238 g/mol. The Morgan fingerprint density at radius 1 is 1.56 bits per heavy atom. The maximum atomic E-state index is 10.8. The van der Waals surface area contributed by atoms with E-state index in [0.717, 1.165) is 0 Å². The van der Waals surface area contributed by atoms with Crippen LogP contribution in [0.15, 0.2) is 27.6 Å². The molecule has 0 atom stereocenters. The summed E-state index contributed by atoms with van der Waals surface area (Å²) in [5, 5.41) is 9.42. The number of carbonyl (C=O) groups is 1. The average molecular weight is 247 g/mol. The van der Waals surface area contributed by atoms with Gasteiger partial charge in [0.05, 0.1) is 13.5 Å². The highest BCUT2D eigenvalue weighted by molar-refractivity contribution is 5.90. The van der Waals surface area contributed by atoms with Gasteiger partial charge in [0.25, 0.3) is 0 Å². The third-order valence-corrected chi connectivity index (χ3v) is 2.45. The minimum absolute atomic E-state index is 0.0318. The number of hydrogen-bond donors (Lipinski definition) is 1. The van der Waals surface area contributed by atoms with E-state index in [0.29, 0.717) is 22.3 Å². The van der Waals surface area contributed by atoms with E-state index in [1.165, 1.54) is 13.2 Å². The Morgan fingerprint density at radius 2 is 2.33 bits per heavy atom. The lowest BCUT2D eigenvalue weighted by molar-refractivity contribution is -0.136. The number of hydrogen-bond acceptors (Lipinski definition) is 5. The van der Waals surface area contributed by atoms with Crippen LogP contribution in [0.4, 0.5) is 5.88 Å². The van der Waals surface area contributed by atoms with Crippen LogP contribution in [0.3, 0.4) is 0 Å². The summed E-state index contributed by atoms with van der Waals surface area (Å²) in [6.07, 6.45) is 1.07. The minimum atomic E-state index is -1.03. The molecule has 6 heteroatoms. The van der Waals surface area contributed by atoms with Crippen LogP contribution >= 0.6 is 0 Å². The molecule has 0 saturated heterocycles. The fourth-order valence-corrected chi connectivity index (χ4v) is 1.70. The normalized spacial score (nSPS) is 10.1. The Hall–Kier alpha value is -2.59. The molecule has 18 heavy (non-hydrogen) atoms. The summed E-state index contributed by atoms with van der Waals surface area (Å²) in [5.41, 5.74) is 0.767. The molecule has 6 nitrogen and oxygen atoms in total. The number of nitrogens with zero attached hydrogens (tertiary/aromatic N) is 1. The van der Waals surface area contributed by atoms with Crippen molar-refractivity contribution in [2.75, 3.05) is 7.11 Å². The average Bonchev–Trinajstić information content (AvgIpc) is 2.66. The summed E-state index contributed by atoms with van der Waals surface area (Å²) in [7, 11) is 1.51. The molecule has 1 aromatic carbocycles. The van der Waals surface area contributed by atoms with Crippen LogP contribution < -0.4 is 4.74 Å². The van der Waals surface area contributed by atoms with Gasteiger partial charge >= 0.3 is 5.97 Å². The van der Waals surface area contributed by atoms with Crippen LogP contribution in [-0.2, 0) is 16.0 Å². The number of rotatable bonds is 4. The SMILES string of the molecule is COc1ccc2c(CC(=O)O)c(N=C=O)oc2c1. The van der Waals surface area contributed by atoms with Gasteiger partial charge in [0.1, 0.15) is 11.3 Å². The van der Waals surface area contributed by atoms with E-state index >= 15 is 0 Å². The van der Waals surface area contributed by atoms with Gasteiger partial charge in [-0.1, -0.05) is 0 Å². The molecule has 0 unspecified atom stereocenters. The van der Waals surface area contributed by atoms with Crippen LogP contribution in [0.5, 0.6) is 5.75 Å². The van der Waals surface area contributed by atoms with Crippen molar-refractivity contribution in [2.45, 2.75) is 6.42 Å². The van der Waals surface area contributed by atoms with E-state index in [1.54, 1.807) is 18.2 Å². The van der Waals surface area contributed by atoms with Gasteiger partial charge < -0.3 is 14.3 Å². The molecule has 1 N–H and O–H groups in total. The van der Waals surface area contributed by atoms with Crippen molar-refractivity contribution >= 4 is 28.9 Å². The molecule has 0 aliphatic rings. The lowest BCUT2D eigenvalue weighted by atomic mass is 10.1. The molecule has 0 bridgehead atoms. The third kappa shape index (κ3) is 2.09. The van der Waals surface area contributed by atoms with E-state index < -0.39 is 5.97 Å². The first-order valence-electron chi connectivity index (χ1n) is 5.04. The van der Waals surface area contributed by atoms with E-state index in [1.807, 2.05) is 0 Å². The smallest absolute Gasteiger partial charge is 0.308 e. The first-order valence-corrected chi connectivity index (χ1v) is 5.04. The molecule has 0 saturated carbocycles. The van der Waals surface area contributed by atoms with Crippen molar-refractivity contribution in [1.82, 2.24) is 0 Å². The van der Waals surface area contributed by atoms with Crippen molar-refractivity contribution in [1.29, 1.82) is 0 Å². The quantitative estimate of drug-likeness (QED) is 0.659. The van der Waals surface area contributed by atoms with Crippen molar-refractivity contribution in [3.05, 3.63) is 23.8 Å². The first-order chi connectivity index (χ1) is 8.65. The largest absolute Gasteiger partial charge is 0.497 e. The van der Waals surface area contributed by atoms with Crippen LogP contribution in [0, 0.1) is 0 Å². The van der Waals surface area contributed by atoms with Crippen LogP contribution in [0.1, 0.15) is 5.56 Å². The van der Waals surface area contributed by atoms with Crippen molar-refractivity contribution in [2.24, 2.45) is 4.99 Å². The molecule has 2 rings (SSSR count). The minimum Gasteiger partial charge on any atom is -0.497 e. The van der Waals surface area contributed by atoms with Gasteiger partial charge in [-0.25, -0.2) is 4.79 Å². The number of furan rings is 1. The summed E-state index contributed by atoms with van der Waals surface area (Å²) < 4.78 is 10.3. The lowest BCUT2D eigenvalue weighted by Gasteiger charge is -1.98. The van der Waals surface area contributed by atoms with Gasteiger partial charge in [-0.3, -0.25) is 4.79 Å². The second-order valence-corrected chi connectivity index (χ2v) is 3.52. The highest BCUT2D eigenvalue weighted by atomic mass is 16.5. The first kappa shape index (κ1) is 11.9. The Bertz CT molecular complexity index is 652. The van der Waals surface area contributed by atoms with Gasteiger partial charge in [0, 0.05) is 17.0 Å².